The zero-order valence-corrected chi connectivity index (χ0v) is 19.5. The second-order valence-electron chi connectivity index (χ2n) is 8.18. The van der Waals surface area contributed by atoms with Crippen LogP contribution in [0.1, 0.15) is 37.5 Å². The van der Waals surface area contributed by atoms with Crippen molar-refractivity contribution in [1.29, 1.82) is 0 Å². The molecule has 0 fully saturated rings. The van der Waals surface area contributed by atoms with Crippen LogP contribution in [-0.2, 0) is 19.5 Å². The summed E-state index contributed by atoms with van der Waals surface area (Å²) in [7, 11) is 1.65. The van der Waals surface area contributed by atoms with E-state index < -0.39 is 0 Å². The van der Waals surface area contributed by atoms with Crippen LogP contribution >= 0.6 is 12.2 Å². The van der Waals surface area contributed by atoms with E-state index in [4.69, 9.17) is 17.0 Å². The minimum absolute atomic E-state index is 0.0804. The van der Waals surface area contributed by atoms with Crippen LogP contribution in [0.2, 0.25) is 0 Å². The molecule has 0 bridgehead atoms. The summed E-state index contributed by atoms with van der Waals surface area (Å²) in [6.07, 6.45) is 0.956. The average molecular weight is 438 g/mol. The lowest BCUT2D eigenvalue weighted by atomic mass is 10.1. The van der Waals surface area contributed by atoms with Crippen molar-refractivity contribution in [3.8, 4) is 5.75 Å². The Balaban J connectivity index is 1.89. The summed E-state index contributed by atoms with van der Waals surface area (Å²) < 4.78 is 5.26. The van der Waals surface area contributed by atoms with Gasteiger partial charge in [-0.2, -0.15) is 0 Å². The second-order valence-corrected chi connectivity index (χ2v) is 8.57. The van der Waals surface area contributed by atoms with Gasteiger partial charge >= 0.3 is 0 Å². The smallest absolute Gasteiger partial charge is 0.253 e. The van der Waals surface area contributed by atoms with Gasteiger partial charge in [-0.1, -0.05) is 39.0 Å². The molecule has 5 nitrogen and oxygen atoms in total. The summed E-state index contributed by atoms with van der Waals surface area (Å²) in [6.45, 7) is 8.22. The summed E-state index contributed by atoms with van der Waals surface area (Å²) >= 11 is 5.70. The molecule has 2 N–H and O–H groups in total. The Kier molecular flexibility index (Phi) is 7.69. The first kappa shape index (κ1) is 22.8. The van der Waals surface area contributed by atoms with Crippen molar-refractivity contribution in [2.45, 2.75) is 40.3 Å². The van der Waals surface area contributed by atoms with Gasteiger partial charge in [0.2, 0.25) is 0 Å². The number of H-pyrrole nitrogens is 1. The number of ether oxygens (including phenoxy) is 1. The van der Waals surface area contributed by atoms with Gasteiger partial charge in [0.05, 0.1) is 13.7 Å². The molecule has 0 aliphatic heterocycles. The lowest BCUT2D eigenvalue weighted by molar-refractivity contribution is 0.392. The number of nitrogens with zero attached hydrogens (tertiary/aromatic N) is 1. The first-order valence-electron chi connectivity index (χ1n) is 10.7. The van der Waals surface area contributed by atoms with Gasteiger partial charge < -0.3 is 19.9 Å². The molecule has 2 aromatic carbocycles. The Bertz CT molecular complexity index is 1090. The van der Waals surface area contributed by atoms with Crippen molar-refractivity contribution < 1.29 is 4.74 Å². The molecular formula is C25H31N3O2S. The lowest BCUT2D eigenvalue weighted by Crippen LogP contribution is -2.41. The highest BCUT2D eigenvalue weighted by Crippen LogP contribution is 2.17. The number of hydrogen-bond donors (Lipinski definition) is 2. The normalized spacial score (nSPS) is 11.0. The number of pyridine rings is 1. The Morgan fingerprint density at radius 1 is 1.10 bits per heavy atom. The van der Waals surface area contributed by atoms with Crippen molar-refractivity contribution in [2.75, 3.05) is 13.7 Å². The molecule has 0 radical (unpaired) electrons. The van der Waals surface area contributed by atoms with Crippen LogP contribution < -0.4 is 15.6 Å². The Morgan fingerprint density at radius 2 is 1.81 bits per heavy atom. The molecule has 1 heterocycles. The van der Waals surface area contributed by atoms with Crippen LogP contribution in [0.5, 0.6) is 5.75 Å². The van der Waals surface area contributed by atoms with E-state index in [-0.39, 0.29) is 5.56 Å². The van der Waals surface area contributed by atoms with Gasteiger partial charge in [-0.15, -0.1) is 0 Å². The quantitative estimate of drug-likeness (QED) is 0.503. The monoisotopic (exact) mass is 437 g/mol. The van der Waals surface area contributed by atoms with Crippen molar-refractivity contribution >= 4 is 28.2 Å². The Morgan fingerprint density at radius 3 is 2.45 bits per heavy atom. The molecule has 6 heteroatoms. The van der Waals surface area contributed by atoms with Crippen LogP contribution in [0.25, 0.3) is 10.9 Å². The zero-order chi connectivity index (χ0) is 22.4. The molecular weight excluding hydrogens is 406 g/mol. The van der Waals surface area contributed by atoms with E-state index in [1.807, 2.05) is 41.3 Å². The second kappa shape index (κ2) is 10.4. The highest BCUT2D eigenvalue weighted by atomic mass is 32.1. The predicted molar refractivity (Wildman–Crippen MR) is 132 cm³/mol. The predicted octanol–water partition coefficient (Wildman–Crippen LogP) is 4.63. The number of hydrogen-bond acceptors (Lipinski definition) is 3. The maximum Gasteiger partial charge on any atom is 0.253 e. The summed E-state index contributed by atoms with van der Waals surface area (Å²) in [5.74, 6) is 1.28. The fourth-order valence-electron chi connectivity index (χ4n) is 3.40. The van der Waals surface area contributed by atoms with Gasteiger partial charge in [0.15, 0.2) is 5.11 Å². The third-order valence-electron chi connectivity index (χ3n) is 5.24. The Labute approximate surface area is 189 Å². The number of fused-ring (bicyclic) bond motifs is 1. The van der Waals surface area contributed by atoms with Crippen molar-refractivity contribution in [2.24, 2.45) is 5.92 Å². The van der Waals surface area contributed by atoms with Crippen molar-refractivity contribution in [3.63, 3.8) is 0 Å². The molecule has 3 rings (SSSR count). The van der Waals surface area contributed by atoms with Crippen LogP contribution in [0.3, 0.4) is 0 Å². The van der Waals surface area contributed by atoms with Gasteiger partial charge in [-0.25, -0.2) is 0 Å². The largest absolute Gasteiger partial charge is 0.497 e. The van der Waals surface area contributed by atoms with E-state index in [1.54, 1.807) is 7.11 Å². The molecule has 1 aromatic heterocycles. The van der Waals surface area contributed by atoms with Crippen molar-refractivity contribution in [1.82, 2.24) is 15.2 Å². The topological polar surface area (TPSA) is 57.4 Å². The molecule has 3 aromatic rings. The summed E-state index contributed by atoms with van der Waals surface area (Å²) in [5.41, 5.74) is 3.81. The van der Waals surface area contributed by atoms with Crippen LogP contribution in [-0.4, -0.2) is 28.7 Å². The first-order valence-corrected chi connectivity index (χ1v) is 11.1. The van der Waals surface area contributed by atoms with Crippen LogP contribution in [0.4, 0.5) is 0 Å². The van der Waals surface area contributed by atoms with Gasteiger partial charge in [-0.05, 0) is 71.4 Å². The molecule has 31 heavy (non-hydrogen) atoms. The van der Waals surface area contributed by atoms with Gasteiger partial charge in [-0.3, -0.25) is 4.79 Å². The third kappa shape index (κ3) is 6.07. The first-order chi connectivity index (χ1) is 14.9. The highest BCUT2D eigenvalue weighted by Gasteiger charge is 2.15. The zero-order valence-electron chi connectivity index (χ0n) is 18.7. The lowest BCUT2D eigenvalue weighted by Gasteiger charge is -2.26. The molecule has 0 atom stereocenters. The van der Waals surface area contributed by atoms with Gasteiger partial charge in [0, 0.05) is 24.2 Å². The summed E-state index contributed by atoms with van der Waals surface area (Å²) in [4.78, 5) is 17.8. The number of benzene rings is 2. The number of aromatic nitrogens is 1. The maximum absolute atomic E-state index is 12.8. The number of aryl methyl sites for hydroxylation is 1. The fourth-order valence-corrected chi connectivity index (χ4v) is 3.61. The number of methoxy groups -OCH3 is 1. The maximum atomic E-state index is 12.8. The molecule has 0 aliphatic rings. The summed E-state index contributed by atoms with van der Waals surface area (Å²) in [5, 5.41) is 5.03. The van der Waals surface area contributed by atoms with Crippen LogP contribution in [0.15, 0.2) is 53.3 Å². The molecule has 0 unspecified atom stereocenters. The average Bonchev–Trinajstić information content (AvgIpc) is 2.77. The molecule has 0 saturated heterocycles. The third-order valence-corrected chi connectivity index (χ3v) is 5.64. The SMILES string of the molecule is CCc1ccc2[nH]c(=O)c(CN(Cc3ccc(OC)cc3)C(=S)NCC(C)C)cc2c1. The number of nitrogens with one attached hydrogen (secondary N) is 2. The molecule has 0 amide bonds. The van der Waals surface area contributed by atoms with Gasteiger partial charge in [0.1, 0.15) is 5.75 Å². The minimum Gasteiger partial charge on any atom is -0.497 e. The van der Waals surface area contributed by atoms with E-state index in [1.165, 1.54) is 5.56 Å². The van der Waals surface area contributed by atoms with E-state index in [0.717, 1.165) is 35.2 Å². The Hall–Kier alpha value is -2.86. The number of thiocarbonyl (C=S) groups is 1. The van der Waals surface area contributed by atoms with E-state index in [2.05, 4.69) is 43.2 Å². The summed E-state index contributed by atoms with van der Waals surface area (Å²) in [6, 6.07) is 16.1. The van der Waals surface area contributed by atoms with Gasteiger partial charge in [0.25, 0.3) is 5.56 Å². The number of aromatic amines is 1. The van der Waals surface area contributed by atoms with Crippen LogP contribution in [0, 0.1) is 5.92 Å². The van der Waals surface area contributed by atoms with E-state index in [9.17, 15) is 4.79 Å². The standard InChI is InChI=1S/C25H31N3O2S/c1-5-18-8-11-23-20(12-18)13-21(24(29)27-23)16-28(25(31)26-14-17(2)3)15-19-6-9-22(30-4)10-7-19/h6-13,17H,5,14-16H2,1-4H3,(H,26,31)(H,27,29). The molecule has 164 valence electrons. The highest BCUT2D eigenvalue weighted by molar-refractivity contribution is 7.80. The molecule has 0 saturated carbocycles. The van der Waals surface area contributed by atoms with Crippen molar-refractivity contribution in [3.05, 3.63) is 75.6 Å². The minimum atomic E-state index is -0.0804. The van der Waals surface area contributed by atoms with E-state index >= 15 is 0 Å². The molecule has 0 spiro atoms. The molecule has 0 aliphatic carbocycles. The fraction of sp³-hybridized carbons (Fsp3) is 0.360. The van der Waals surface area contributed by atoms with E-state index in [0.29, 0.717) is 29.7 Å². The number of rotatable bonds is 8.